The summed E-state index contributed by atoms with van der Waals surface area (Å²) in [7, 11) is -1.68. The predicted octanol–water partition coefficient (Wildman–Crippen LogP) is 2.20. The van der Waals surface area contributed by atoms with Crippen LogP contribution in [0, 0.1) is 11.7 Å². The number of ether oxygens (including phenoxy) is 2. The lowest BCUT2D eigenvalue weighted by atomic mass is 10.1. The number of esters is 2. The van der Waals surface area contributed by atoms with Crippen LogP contribution in [0.5, 0.6) is 0 Å². The number of nitrogens with one attached hydrogen (secondary N) is 1. The van der Waals surface area contributed by atoms with Gasteiger partial charge in [0.15, 0.2) is 0 Å². The number of anilines is 1. The minimum absolute atomic E-state index is 0.0451. The molecular weight excluding hydrogens is 427 g/mol. The first-order valence-corrected chi connectivity index (χ1v) is 11.0. The van der Waals surface area contributed by atoms with Gasteiger partial charge in [-0.15, -0.1) is 0 Å². The molecule has 1 saturated heterocycles. The van der Waals surface area contributed by atoms with Crippen LogP contribution in [0.3, 0.4) is 0 Å². The molecule has 0 spiro atoms. The molecule has 10 heteroatoms. The number of halogens is 1. The molecule has 1 aliphatic heterocycles. The Morgan fingerprint density at radius 1 is 1.06 bits per heavy atom. The van der Waals surface area contributed by atoms with Crippen molar-refractivity contribution in [2.75, 3.05) is 38.8 Å². The fraction of sp³-hybridized carbons (Fsp3) is 0.333. The molecule has 0 aliphatic carbocycles. The van der Waals surface area contributed by atoms with Crippen LogP contribution in [0.2, 0.25) is 0 Å². The topological polar surface area (TPSA) is 102 Å². The Kier molecular flexibility index (Phi) is 6.91. The monoisotopic (exact) mass is 450 g/mol. The maximum Gasteiger partial charge on any atom is 0.337 e. The molecule has 1 atom stereocenters. The zero-order chi connectivity index (χ0) is 22.6. The van der Waals surface area contributed by atoms with E-state index in [2.05, 4.69) is 19.1 Å². The van der Waals surface area contributed by atoms with Crippen molar-refractivity contribution in [1.29, 1.82) is 0 Å². The van der Waals surface area contributed by atoms with E-state index in [1.54, 1.807) is 12.1 Å². The van der Waals surface area contributed by atoms with Crippen LogP contribution in [0.1, 0.15) is 27.1 Å². The van der Waals surface area contributed by atoms with E-state index in [4.69, 9.17) is 0 Å². The summed E-state index contributed by atoms with van der Waals surface area (Å²) < 4.78 is 50.6. The highest BCUT2D eigenvalue weighted by molar-refractivity contribution is 7.89. The normalized spacial score (nSPS) is 16.2. The van der Waals surface area contributed by atoms with E-state index >= 15 is 0 Å². The van der Waals surface area contributed by atoms with Crippen LogP contribution in [0.4, 0.5) is 10.1 Å². The molecule has 0 aromatic heterocycles. The van der Waals surface area contributed by atoms with Crippen molar-refractivity contribution in [2.45, 2.75) is 11.3 Å². The predicted molar refractivity (Wildman–Crippen MR) is 111 cm³/mol. The number of hydrogen-bond donors (Lipinski definition) is 1. The van der Waals surface area contributed by atoms with Crippen LogP contribution in [-0.4, -0.2) is 54.2 Å². The van der Waals surface area contributed by atoms with Crippen molar-refractivity contribution in [1.82, 2.24) is 4.72 Å². The number of hydrogen-bond acceptors (Lipinski definition) is 7. The summed E-state index contributed by atoms with van der Waals surface area (Å²) in [4.78, 5) is 25.6. The number of nitrogens with zero attached hydrogens (tertiary/aromatic N) is 1. The molecule has 2 aromatic rings. The highest BCUT2D eigenvalue weighted by atomic mass is 32.2. The highest BCUT2D eigenvalue weighted by Gasteiger charge is 2.26. The van der Waals surface area contributed by atoms with Gasteiger partial charge in [-0.25, -0.2) is 27.1 Å². The van der Waals surface area contributed by atoms with Gasteiger partial charge in [0.1, 0.15) is 5.82 Å². The molecule has 0 unspecified atom stereocenters. The minimum atomic E-state index is -4.00. The van der Waals surface area contributed by atoms with Gasteiger partial charge in [-0.05, 0) is 54.8 Å². The zero-order valence-electron chi connectivity index (χ0n) is 17.1. The van der Waals surface area contributed by atoms with Crippen LogP contribution in [-0.2, 0) is 19.5 Å². The largest absolute Gasteiger partial charge is 0.465 e. The maximum atomic E-state index is 13.1. The molecule has 1 fully saturated rings. The average molecular weight is 450 g/mol. The van der Waals surface area contributed by atoms with Crippen LogP contribution in [0.15, 0.2) is 47.4 Å². The quantitative estimate of drug-likeness (QED) is 0.645. The summed E-state index contributed by atoms with van der Waals surface area (Å²) in [6, 6.07) is 9.68. The van der Waals surface area contributed by atoms with Gasteiger partial charge in [-0.2, -0.15) is 0 Å². The molecule has 1 heterocycles. The smallest absolute Gasteiger partial charge is 0.337 e. The van der Waals surface area contributed by atoms with Crippen molar-refractivity contribution >= 4 is 27.6 Å². The van der Waals surface area contributed by atoms with Crippen LogP contribution >= 0.6 is 0 Å². The summed E-state index contributed by atoms with van der Waals surface area (Å²) >= 11 is 0. The Bertz CT molecular complexity index is 1040. The molecule has 166 valence electrons. The molecule has 0 amide bonds. The van der Waals surface area contributed by atoms with Gasteiger partial charge >= 0.3 is 11.9 Å². The Labute approximate surface area is 180 Å². The van der Waals surface area contributed by atoms with E-state index in [-0.39, 0.29) is 34.3 Å². The first kappa shape index (κ1) is 22.7. The lowest BCUT2D eigenvalue weighted by molar-refractivity contribution is 0.0598. The van der Waals surface area contributed by atoms with Crippen LogP contribution in [0.25, 0.3) is 0 Å². The standard InChI is InChI=1S/C21H23FN2O6S/c1-29-20(25)15-9-16(21(26)30-2)11-19(10-15)31(27,28)23-12-14-7-8-24(13-14)18-5-3-17(22)4-6-18/h3-6,9-11,14,23H,7-8,12-13H2,1-2H3/t14-/m1/s1. The maximum absolute atomic E-state index is 13.1. The average Bonchev–Trinajstić information content (AvgIpc) is 3.26. The molecule has 1 aliphatic rings. The lowest BCUT2D eigenvalue weighted by Gasteiger charge is -2.19. The first-order valence-electron chi connectivity index (χ1n) is 9.55. The second-order valence-corrected chi connectivity index (χ2v) is 8.93. The SMILES string of the molecule is COC(=O)c1cc(C(=O)OC)cc(S(=O)(=O)NC[C@H]2CCN(c3ccc(F)cc3)C2)c1. The van der Waals surface area contributed by atoms with Crippen molar-refractivity contribution in [3.05, 3.63) is 59.4 Å². The Balaban J connectivity index is 1.72. The third-order valence-corrected chi connectivity index (χ3v) is 6.50. The van der Waals surface area contributed by atoms with Crippen molar-refractivity contribution in [3.8, 4) is 0 Å². The molecule has 0 radical (unpaired) electrons. The summed E-state index contributed by atoms with van der Waals surface area (Å²) in [6.07, 6.45) is 0.759. The van der Waals surface area contributed by atoms with Gasteiger partial charge in [-0.3, -0.25) is 0 Å². The van der Waals surface area contributed by atoms with Crippen molar-refractivity contribution in [2.24, 2.45) is 5.92 Å². The first-order chi connectivity index (χ1) is 14.7. The molecule has 31 heavy (non-hydrogen) atoms. The summed E-state index contributed by atoms with van der Waals surface area (Å²) in [5.74, 6) is -1.81. The number of benzene rings is 2. The van der Waals surface area contributed by atoms with Gasteiger partial charge in [0.2, 0.25) is 10.0 Å². The van der Waals surface area contributed by atoms with Gasteiger partial charge in [0.25, 0.3) is 0 Å². The second-order valence-electron chi connectivity index (χ2n) is 7.16. The number of carbonyl (C=O) groups is 2. The van der Waals surface area contributed by atoms with E-state index in [0.29, 0.717) is 6.54 Å². The van der Waals surface area contributed by atoms with Crippen molar-refractivity contribution < 1.29 is 31.9 Å². The molecule has 0 bridgehead atoms. The summed E-state index contributed by atoms with van der Waals surface area (Å²) in [5, 5.41) is 0. The number of rotatable bonds is 7. The molecule has 8 nitrogen and oxygen atoms in total. The third-order valence-electron chi connectivity index (χ3n) is 5.10. The molecule has 3 rings (SSSR count). The number of methoxy groups -OCH3 is 2. The van der Waals surface area contributed by atoms with Crippen molar-refractivity contribution in [3.63, 3.8) is 0 Å². The van der Waals surface area contributed by atoms with Gasteiger partial charge < -0.3 is 14.4 Å². The third kappa shape index (κ3) is 5.39. The Morgan fingerprint density at radius 2 is 1.65 bits per heavy atom. The fourth-order valence-electron chi connectivity index (χ4n) is 3.42. The van der Waals surface area contributed by atoms with Crippen LogP contribution < -0.4 is 9.62 Å². The van der Waals surface area contributed by atoms with E-state index < -0.39 is 22.0 Å². The van der Waals surface area contributed by atoms with E-state index in [1.165, 1.54) is 18.2 Å². The van der Waals surface area contributed by atoms with Gasteiger partial charge in [-0.1, -0.05) is 0 Å². The Morgan fingerprint density at radius 3 is 2.19 bits per heavy atom. The van der Waals surface area contributed by atoms with E-state index in [1.807, 2.05) is 0 Å². The fourth-order valence-corrected chi connectivity index (χ4v) is 4.61. The Hall–Kier alpha value is -2.98. The van der Waals surface area contributed by atoms with E-state index in [9.17, 15) is 22.4 Å². The van der Waals surface area contributed by atoms with Gasteiger partial charge in [0.05, 0.1) is 30.2 Å². The second kappa shape index (κ2) is 9.44. The molecule has 1 N–H and O–H groups in total. The highest BCUT2D eigenvalue weighted by Crippen LogP contribution is 2.24. The number of sulfonamides is 1. The summed E-state index contributed by atoms with van der Waals surface area (Å²) in [6.45, 7) is 1.52. The number of carbonyl (C=O) groups excluding carboxylic acids is 2. The minimum Gasteiger partial charge on any atom is -0.465 e. The van der Waals surface area contributed by atoms with Gasteiger partial charge in [0, 0.05) is 25.3 Å². The summed E-state index contributed by atoms with van der Waals surface area (Å²) in [5.41, 5.74) is 0.725. The zero-order valence-corrected chi connectivity index (χ0v) is 17.9. The lowest BCUT2D eigenvalue weighted by Crippen LogP contribution is -2.31. The molecule has 2 aromatic carbocycles. The molecule has 0 saturated carbocycles. The molecular formula is C21H23FN2O6S. The van der Waals surface area contributed by atoms with E-state index in [0.717, 1.165) is 45.0 Å².